The predicted octanol–water partition coefficient (Wildman–Crippen LogP) is 1.98. The second kappa shape index (κ2) is 7.06. The summed E-state index contributed by atoms with van der Waals surface area (Å²) in [4.78, 5) is 16.8. The van der Waals surface area contributed by atoms with Crippen molar-refractivity contribution in [2.24, 2.45) is 0 Å². The molecule has 0 aliphatic carbocycles. The molecule has 1 aliphatic rings. The third kappa shape index (κ3) is 3.33. The third-order valence-electron chi connectivity index (χ3n) is 4.41. The number of carbonyl (C=O) groups is 1. The second-order valence-corrected chi connectivity index (χ2v) is 6.21. The van der Waals surface area contributed by atoms with E-state index in [0.29, 0.717) is 37.0 Å². The van der Waals surface area contributed by atoms with Crippen LogP contribution in [0.15, 0.2) is 36.5 Å². The molecular formula is C19H19N5O3. The average Bonchev–Trinajstić information content (AvgIpc) is 3.08. The Labute approximate surface area is 156 Å². The molecule has 1 N–H and O–H groups in total. The Hall–Kier alpha value is -3.42. The SMILES string of the molecule is Cc1cccnc1CNC(=O)c1nnn(-c2ccc3c(c2)OCCO3)c1C. The molecule has 0 radical (unpaired) electrons. The highest BCUT2D eigenvalue weighted by Gasteiger charge is 2.19. The maximum atomic E-state index is 12.5. The van der Waals surface area contributed by atoms with Crippen LogP contribution in [0.25, 0.3) is 5.69 Å². The second-order valence-electron chi connectivity index (χ2n) is 6.21. The van der Waals surface area contributed by atoms with Crippen LogP contribution in [0.5, 0.6) is 11.5 Å². The Morgan fingerprint density at radius 2 is 2.00 bits per heavy atom. The molecule has 0 atom stereocenters. The molecule has 0 spiro atoms. The van der Waals surface area contributed by atoms with E-state index in [1.54, 1.807) is 17.8 Å². The van der Waals surface area contributed by atoms with Gasteiger partial charge >= 0.3 is 0 Å². The van der Waals surface area contributed by atoms with Gasteiger partial charge in [-0.15, -0.1) is 5.10 Å². The van der Waals surface area contributed by atoms with Gasteiger partial charge in [0.05, 0.1) is 23.6 Å². The summed E-state index contributed by atoms with van der Waals surface area (Å²) in [6, 6.07) is 9.33. The molecule has 27 heavy (non-hydrogen) atoms. The van der Waals surface area contributed by atoms with Gasteiger partial charge in [-0.3, -0.25) is 9.78 Å². The van der Waals surface area contributed by atoms with Gasteiger partial charge in [-0.1, -0.05) is 11.3 Å². The summed E-state index contributed by atoms with van der Waals surface area (Å²) < 4.78 is 12.7. The highest BCUT2D eigenvalue weighted by Crippen LogP contribution is 2.32. The molecule has 1 amide bonds. The largest absolute Gasteiger partial charge is 0.486 e. The molecule has 8 nitrogen and oxygen atoms in total. The summed E-state index contributed by atoms with van der Waals surface area (Å²) in [5, 5.41) is 11.0. The van der Waals surface area contributed by atoms with E-state index in [-0.39, 0.29) is 11.6 Å². The van der Waals surface area contributed by atoms with E-state index < -0.39 is 0 Å². The maximum Gasteiger partial charge on any atom is 0.274 e. The molecule has 2 aromatic heterocycles. The lowest BCUT2D eigenvalue weighted by molar-refractivity contribution is 0.0944. The molecule has 0 unspecified atom stereocenters. The summed E-state index contributed by atoms with van der Waals surface area (Å²) in [6.45, 7) is 5.14. The number of ether oxygens (including phenoxy) is 2. The van der Waals surface area contributed by atoms with Gasteiger partial charge in [-0.2, -0.15) is 0 Å². The minimum Gasteiger partial charge on any atom is -0.486 e. The number of carbonyl (C=O) groups excluding carboxylic acids is 1. The fraction of sp³-hybridized carbons (Fsp3) is 0.263. The van der Waals surface area contributed by atoms with Gasteiger partial charge in [0.2, 0.25) is 0 Å². The lowest BCUT2D eigenvalue weighted by Crippen LogP contribution is -2.25. The Morgan fingerprint density at radius 3 is 2.81 bits per heavy atom. The van der Waals surface area contributed by atoms with E-state index >= 15 is 0 Å². The van der Waals surface area contributed by atoms with Crippen molar-refractivity contribution in [2.45, 2.75) is 20.4 Å². The standard InChI is InChI=1S/C19H19N5O3/c1-12-4-3-7-20-15(12)11-21-19(25)18-13(2)24(23-22-18)14-5-6-16-17(10-14)27-9-8-26-16/h3-7,10H,8-9,11H2,1-2H3,(H,21,25). The summed E-state index contributed by atoms with van der Waals surface area (Å²) in [7, 11) is 0. The first kappa shape index (κ1) is 17.0. The molecule has 0 fully saturated rings. The van der Waals surface area contributed by atoms with Crippen LogP contribution in [-0.2, 0) is 6.54 Å². The first-order valence-electron chi connectivity index (χ1n) is 8.64. The topological polar surface area (TPSA) is 91.2 Å². The van der Waals surface area contributed by atoms with Crippen LogP contribution in [0.1, 0.15) is 27.4 Å². The van der Waals surface area contributed by atoms with Crippen LogP contribution in [0.3, 0.4) is 0 Å². The number of aromatic nitrogens is 4. The van der Waals surface area contributed by atoms with Gasteiger partial charge in [0.15, 0.2) is 17.2 Å². The Balaban J connectivity index is 1.53. The van der Waals surface area contributed by atoms with Gasteiger partial charge in [0, 0.05) is 12.3 Å². The third-order valence-corrected chi connectivity index (χ3v) is 4.41. The van der Waals surface area contributed by atoms with Crippen LogP contribution in [0, 0.1) is 13.8 Å². The van der Waals surface area contributed by atoms with Crippen LogP contribution < -0.4 is 14.8 Å². The fourth-order valence-corrected chi connectivity index (χ4v) is 2.90. The number of rotatable bonds is 4. The zero-order valence-corrected chi connectivity index (χ0v) is 15.1. The highest BCUT2D eigenvalue weighted by atomic mass is 16.6. The Morgan fingerprint density at radius 1 is 1.19 bits per heavy atom. The molecule has 1 aromatic carbocycles. The molecule has 0 saturated carbocycles. The minimum atomic E-state index is -0.290. The summed E-state index contributed by atoms with van der Waals surface area (Å²) in [5.74, 6) is 1.07. The van der Waals surface area contributed by atoms with Crippen LogP contribution in [0.2, 0.25) is 0 Å². The van der Waals surface area contributed by atoms with Crippen molar-refractivity contribution in [3.63, 3.8) is 0 Å². The number of fused-ring (bicyclic) bond motifs is 1. The molecule has 8 heteroatoms. The monoisotopic (exact) mass is 365 g/mol. The molecule has 3 aromatic rings. The van der Waals surface area contributed by atoms with Crippen molar-refractivity contribution in [1.82, 2.24) is 25.3 Å². The van der Waals surface area contributed by atoms with Crippen molar-refractivity contribution >= 4 is 5.91 Å². The van der Waals surface area contributed by atoms with Crippen LogP contribution in [0.4, 0.5) is 0 Å². The molecule has 3 heterocycles. The van der Waals surface area contributed by atoms with E-state index in [4.69, 9.17) is 9.47 Å². The van der Waals surface area contributed by atoms with Gasteiger partial charge in [-0.05, 0) is 37.6 Å². The van der Waals surface area contributed by atoms with Gasteiger partial charge in [-0.25, -0.2) is 4.68 Å². The smallest absolute Gasteiger partial charge is 0.274 e. The number of hydrogen-bond acceptors (Lipinski definition) is 6. The van der Waals surface area contributed by atoms with E-state index in [9.17, 15) is 4.79 Å². The summed E-state index contributed by atoms with van der Waals surface area (Å²) in [6.07, 6.45) is 1.71. The lowest BCUT2D eigenvalue weighted by atomic mass is 10.2. The maximum absolute atomic E-state index is 12.5. The zero-order chi connectivity index (χ0) is 18.8. The first-order chi connectivity index (χ1) is 13.1. The molecule has 0 saturated heterocycles. The fourth-order valence-electron chi connectivity index (χ4n) is 2.90. The summed E-state index contributed by atoms with van der Waals surface area (Å²) >= 11 is 0. The van der Waals surface area contributed by atoms with Crippen molar-refractivity contribution in [3.05, 3.63) is 59.2 Å². The van der Waals surface area contributed by atoms with Crippen LogP contribution >= 0.6 is 0 Å². The van der Waals surface area contributed by atoms with Crippen LogP contribution in [-0.4, -0.2) is 39.1 Å². The van der Waals surface area contributed by atoms with E-state index in [1.165, 1.54) is 0 Å². The molecule has 0 bridgehead atoms. The van der Waals surface area contributed by atoms with E-state index in [0.717, 1.165) is 16.9 Å². The van der Waals surface area contributed by atoms with Gasteiger partial charge in [0.25, 0.3) is 5.91 Å². The first-order valence-corrected chi connectivity index (χ1v) is 8.64. The zero-order valence-electron chi connectivity index (χ0n) is 15.1. The molecular weight excluding hydrogens is 346 g/mol. The molecule has 1 aliphatic heterocycles. The minimum absolute atomic E-state index is 0.276. The van der Waals surface area contributed by atoms with E-state index in [2.05, 4.69) is 20.6 Å². The highest BCUT2D eigenvalue weighted by molar-refractivity contribution is 5.93. The number of pyridine rings is 1. The number of nitrogens with zero attached hydrogens (tertiary/aromatic N) is 4. The summed E-state index contributed by atoms with van der Waals surface area (Å²) in [5.41, 5.74) is 3.52. The van der Waals surface area contributed by atoms with Gasteiger partial charge < -0.3 is 14.8 Å². The quantitative estimate of drug-likeness (QED) is 0.760. The number of amides is 1. The van der Waals surface area contributed by atoms with Crippen molar-refractivity contribution in [2.75, 3.05) is 13.2 Å². The average molecular weight is 365 g/mol. The Bertz CT molecular complexity index is 999. The molecule has 138 valence electrons. The van der Waals surface area contributed by atoms with Crippen molar-refractivity contribution < 1.29 is 14.3 Å². The van der Waals surface area contributed by atoms with Crippen molar-refractivity contribution in [1.29, 1.82) is 0 Å². The predicted molar refractivity (Wildman–Crippen MR) is 97.2 cm³/mol. The number of benzene rings is 1. The number of hydrogen-bond donors (Lipinski definition) is 1. The van der Waals surface area contributed by atoms with Gasteiger partial charge in [0.1, 0.15) is 13.2 Å². The number of nitrogens with one attached hydrogen (secondary N) is 1. The molecule has 4 rings (SSSR count). The normalized spacial score (nSPS) is 12.7. The van der Waals surface area contributed by atoms with Crippen molar-refractivity contribution in [3.8, 4) is 17.2 Å². The Kier molecular flexibility index (Phi) is 4.45. The van der Waals surface area contributed by atoms with E-state index in [1.807, 2.05) is 37.3 Å². The lowest BCUT2D eigenvalue weighted by Gasteiger charge is -2.18. The number of aryl methyl sites for hydroxylation is 1.